The second kappa shape index (κ2) is 8.87. The van der Waals surface area contributed by atoms with Crippen molar-refractivity contribution in [3.63, 3.8) is 0 Å². The number of rotatable bonds is 6. The Balaban J connectivity index is 1.50. The summed E-state index contributed by atoms with van der Waals surface area (Å²) in [7, 11) is 1.60. The topological polar surface area (TPSA) is 81.3 Å². The fraction of sp³-hybridized carbons (Fsp3) is 0.208. The minimum absolute atomic E-state index is 0.393. The lowest BCUT2D eigenvalue weighted by Crippen LogP contribution is -2.31. The maximum Gasteiger partial charge on any atom is 0.338 e. The van der Waals surface area contributed by atoms with E-state index in [4.69, 9.17) is 13.9 Å². The summed E-state index contributed by atoms with van der Waals surface area (Å²) >= 11 is 0. The number of hydrazone groups is 1. The Kier molecular flexibility index (Phi) is 5.84. The van der Waals surface area contributed by atoms with Crippen LogP contribution in [0.15, 0.2) is 76.4 Å². The molecule has 0 unspecified atom stereocenters. The zero-order valence-electron chi connectivity index (χ0n) is 17.3. The van der Waals surface area contributed by atoms with Crippen molar-refractivity contribution in [3.05, 3.63) is 89.4 Å². The highest BCUT2D eigenvalue weighted by Gasteiger charge is 2.35. The number of aryl methyl sites for hydroxylation is 1. The maximum absolute atomic E-state index is 12.9. The van der Waals surface area contributed by atoms with E-state index in [1.165, 1.54) is 5.01 Å². The van der Waals surface area contributed by atoms with Gasteiger partial charge in [0, 0.05) is 6.42 Å². The van der Waals surface area contributed by atoms with E-state index in [0.717, 1.165) is 22.6 Å². The van der Waals surface area contributed by atoms with Gasteiger partial charge in [0.1, 0.15) is 17.6 Å². The lowest BCUT2D eigenvalue weighted by Gasteiger charge is -2.19. The van der Waals surface area contributed by atoms with E-state index in [9.17, 15) is 9.59 Å². The number of benzene rings is 2. The molecule has 0 fully saturated rings. The van der Waals surface area contributed by atoms with Crippen molar-refractivity contribution in [1.29, 1.82) is 0 Å². The Morgan fingerprint density at radius 2 is 1.84 bits per heavy atom. The van der Waals surface area contributed by atoms with Crippen molar-refractivity contribution in [1.82, 2.24) is 5.01 Å². The number of ether oxygens (including phenoxy) is 2. The van der Waals surface area contributed by atoms with Gasteiger partial charge in [-0.25, -0.2) is 9.80 Å². The summed E-state index contributed by atoms with van der Waals surface area (Å²) in [6, 6.07) is 17.6. The van der Waals surface area contributed by atoms with Crippen LogP contribution in [0.1, 0.15) is 39.7 Å². The van der Waals surface area contributed by atoms with Gasteiger partial charge in [-0.2, -0.15) is 5.10 Å². The van der Waals surface area contributed by atoms with Crippen molar-refractivity contribution < 1.29 is 23.5 Å². The number of hydrogen-bond acceptors (Lipinski definition) is 6. The van der Waals surface area contributed by atoms with Crippen LogP contribution in [0.25, 0.3) is 0 Å². The molecule has 0 bridgehead atoms. The first kappa shape index (κ1) is 20.4. The number of carbonyl (C=O) groups is 2. The summed E-state index contributed by atoms with van der Waals surface area (Å²) in [5, 5.41) is 5.86. The SMILES string of the molecule is COc1ccc(C2=NN(C(=O)COC(=O)c3ccc(C)cc3)[C@H](c3ccco3)C2)cc1. The second-order valence-corrected chi connectivity index (χ2v) is 7.19. The van der Waals surface area contributed by atoms with Crippen molar-refractivity contribution in [2.45, 2.75) is 19.4 Å². The van der Waals surface area contributed by atoms with Gasteiger partial charge in [0.05, 0.1) is 24.6 Å². The zero-order chi connectivity index (χ0) is 21.8. The van der Waals surface area contributed by atoms with E-state index in [2.05, 4.69) is 5.10 Å². The van der Waals surface area contributed by atoms with Crippen LogP contribution >= 0.6 is 0 Å². The molecule has 7 heteroatoms. The summed E-state index contributed by atoms with van der Waals surface area (Å²) < 4.78 is 16.0. The summed E-state index contributed by atoms with van der Waals surface area (Å²) in [6.45, 7) is 1.52. The molecule has 4 rings (SSSR count). The number of methoxy groups -OCH3 is 1. The largest absolute Gasteiger partial charge is 0.497 e. The number of amides is 1. The summed E-state index contributed by atoms with van der Waals surface area (Å²) in [5.41, 5.74) is 3.04. The third-order valence-electron chi connectivity index (χ3n) is 5.07. The van der Waals surface area contributed by atoms with Crippen LogP contribution in [0, 0.1) is 6.92 Å². The molecule has 2 heterocycles. The fourth-order valence-corrected chi connectivity index (χ4v) is 3.37. The third kappa shape index (κ3) is 4.50. The monoisotopic (exact) mass is 418 g/mol. The second-order valence-electron chi connectivity index (χ2n) is 7.19. The van der Waals surface area contributed by atoms with Crippen molar-refractivity contribution in [3.8, 4) is 5.75 Å². The highest BCUT2D eigenvalue weighted by molar-refractivity contribution is 6.03. The van der Waals surface area contributed by atoms with Gasteiger partial charge in [-0.15, -0.1) is 0 Å². The minimum Gasteiger partial charge on any atom is -0.497 e. The molecule has 0 aliphatic carbocycles. The summed E-state index contributed by atoms with van der Waals surface area (Å²) in [6.07, 6.45) is 2.04. The summed E-state index contributed by atoms with van der Waals surface area (Å²) in [5.74, 6) is 0.373. The van der Waals surface area contributed by atoms with Crippen molar-refractivity contribution in [2.24, 2.45) is 5.10 Å². The molecule has 1 aliphatic heterocycles. The van der Waals surface area contributed by atoms with Crippen LogP contribution in [-0.2, 0) is 9.53 Å². The Bertz CT molecular complexity index is 1090. The Labute approximate surface area is 179 Å². The van der Waals surface area contributed by atoms with Crippen LogP contribution in [-0.4, -0.2) is 36.3 Å². The highest BCUT2D eigenvalue weighted by atomic mass is 16.5. The van der Waals surface area contributed by atoms with E-state index in [1.807, 2.05) is 43.3 Å². The molecule has 3 aromatic rings. The van der Waals surface area contributed by atoms with Gasteiger partial charge in [-0.3, -0.25) is 4.79 Å². The lowest BCUT2D eigenvalue weighted by molar-refractivity contribution is -0.136. The van der Waals surface area contributed by atoms with Crippen LogP contribution < -0.4 is 4.74 Å². The quantitative estimate of drug-likeness (QED) is 0.562. The minimum atomic E-state index is -0.554. The molecule has 1 amide bonds. The molecule has 0 saturated heterocycles. The molecule has 1 atom stereocenters. The molecule has 7 nitrogen and oxygen atoms in total. The van der Waals surface area contributed by atoms with E-state index in [0.29, 0.717) is 17.7 Å². The predicted molar refractivity (Wildman–Crippen MR) is 114 cm³/mol. The Morgan fingerprint density at radius 1 is 1.10 bits per heavy atom. The Hall–Kier alpha value is -3.87. The molecule has 0 radical (unpaired) electrons. The van der Waals surface area contributed by atoms with E-state index in [1.54, 1.807) is 37.6 Å². The predicted octanol–water partition coefficient (Wildman–Crippen LogP) is 4.13. The van der Waals surface area contributed by atoms with Gasteiger partial charge in [0.25, 0.3) is 5.91 Å². The smallest absolute Gasteiger partial charge is 0.338 e. The van der Waals surface area contributed by atoms with Crippen LogP contribution in [0.3, 0.4) is 0 Å². The van der Waals surface area contributed by atoms with Gasteiger partial charge < -0.3 is 13.9 Å². The van der Waals surface area contributed by atoms with Gasteiger partial charge in [-0.1, -0.05) is 17.7 Å². The summed E-state index contributed by atoms with van der Waals surface area (Å²) in [4.78, 5) is 25.2. The van der Waals surface area contributed by atoms with Crippen molar-refractivity contribution >= 4 is 17.6 Å². The molecule has 0 saturated carbocycles. The standard InChI is InChI=1S/C24H22N2O5/c1-16-5-7-18(8-6-16)24(28)31-15-23(27)26-21(22-4-3-13-30-22)14-20(25-26)17-9-11-19(29-2)12-10-17/h3-13,21H,14-15H2,1-2H3/t21-/m0/s1. The lowest BCUT2D eigenvalue weighted by atomic mass is 10.0. The highest BCUT2D eigenvalue weighted by Crippen LogP contribution is 2.33. The van der Waals surface area contributed by atoms with Crippen LogP contribution in [0.4, 0.5) is 0 Å². The molecule has 0 N–H and O–H groups in total. The zero-order valence-corrected chi connectivity index (χ0v) is 17.3. The number of esters is 1. The van der Waals surface area contributed by atoms with Crippen molar-refractivity contribution in [2.75, 3.05) is 13.7 Å². The third-order valence-corrected chi connectivity index (χ3v) is 5.07. The first-order valence-electron chi connectivity index (χ1n) is 9.86. The molecule has 2 aromatic carbocycles. The van der Waals surface area contributed by atoms with Crippen LogP contribution in [0.2, 0.25) is 0 Å². The first-order chi connectivity index (χ1) is 15.0. The maximum atomic E-state index is 12.9. The number of hydrogen-bond donors (Lipinski definition) is 0. The molecule has 1 aromatic heterocycles. The van der Waals surface area contributed by atoms with Gasteiger partial charge in [0.2, 0.25) is 0 Å². The van der Waals surface area contributed by atoms with E-state index >= 15 is 0 Å². The number of furan rings is 1. The fourth-order valence-electron chi connectivity index (χ4n) is 3.37. The van der Waals surface area contributed by atoms with E-state index < -0.39 is 24.5 Å². The molecule has 158 valence electrons. The average Bonchev–Trinajstić information content (AvgIpc) is 3.48. The molecule has 0 spiro atoms. The number of carbonyl (C=O) groups excluding carboxylic acids is 2. The number of nitrogens with zero attached hydrogens (tertiary/aromatic N) is 2. The molecule has 31 heavy (non-hydrogen) atoms. The average molecular weight is 418 g/mol. The molecular weight excluding hydrogens is 396 g/mol. The van der Waals surface area contributed by atoms with Gasteiger partial charge in [-0.05, 0) is 61.0 Å². The normalized spacial score (nSPS) is 15.5. The molecule has 1 aliphatic rings. The first-order valence-corrected chi connectivity index (χ1v) is 9.86. The van der Waals surface area contributed by atoms with Crippen LogP contribution in [0.5, 0.6) is 5.75 Å². The molecular formula is C24H22N2O5. The Morgan fingerprint density at radius 3 is 2.48 bits per heavy atom. The van der Waals surface area contributed by atoms with E-state index in [-0.39, 0.29) is 0 Å². The van der Waals surface area contributed by atoms with Gasteiger partial charge in [0.15, 0.2) is 6.61 Å². The van der Waals surface area contributed by atoms with Gasteiger partial charge >= 0.3 is 5.97 Å².